The molecule has 2 aromatic rings. The molecule has 0 saturated carbocycles. The quantitative estimate of drug-likeness (QED) is 0.167. The molecule has 0 heterocycles. The van der Waals surface area contributed by atoms with Crippen LogP contribution in [0, 0.1) is 5.82 Å². The number of benzene rings is 2. The average Bonchev–Trinajstić information content (AvgIpc) is 2.89. The maximum atomic E-state index is 15.3. The van der Waals surface area contributed by atoms with E-state index in [2.05, 4.69) is 0 Å². The lowest BCUT2D eigenvalue weighted by Gasteiger charge is -2.26. The zero-order chi connectivity index (χ0) is 26.9. The van der Waals surface area contributed by atoms with Gasteiger partial charge in [0.15, 0.2) is 0 Å². The van der Waals surface area contributed by atoms with Gasteiger partial charge in [0, 0.05) is 21.6 Å². The van der Waals surface area contributed by atoms with Crippen LogP contribution in [0.4, 0.5) is 10.1 Å². The number of carbonyl (C=O) groups excluding carboxylic acids is 3. The molecule has 2 aromatic carbocycles. The smallest absolute Gasteiger partial charge is 0.332 e. The Hall–Kier alpha value is -3.17. The lowest BCUT2D eigenvalue weighted by molar-refractivity contribution is -0.140. The van der Waals surface area contributed by atoms with Gasteiger partial charge < -0.3 is 9.84 Å². The van der Waals surface area contributed by atoms with Crippen LogP contribution in [-0.2, 0) is 19.1 Å². The molecular formula is C27H27ClFNO6S. The van der Waals surface area contributed by atoms with Gasteiger partial charge in [-0.25, -0.2) is 14.1 Å². The predicted molar refractivity (Wildman–Crippen MR) is 139 cm³/mol. The molecular weight excluding hydrogens is 521 g/mol. The van der Waals surface area contributed by atoms with Gasteiger partial charge in [-0.2, -0.15) is 0 Å². The van der Waals surface area contributed by atoms with Gasteiger partial charge in [-0.3, -0.25) is 14.4 Å². The number of hydrogen-bond acceptors (Lipinski definition) is 6. The van der Waals surface area contributed by atoms with Gasteiger partial charge in [-0.1, -0.05) is 43.1 Å². The third-order valence-electron chi connectivity index (χ3n) is 5.76. The first-order valence-corrected chi connectivity index (χ1v) is 13.3. The molecule has 196 valence electrons. The third-order valence-corrected chi connectivity index (χ3v) is 7.21. The lowest BCUT2D eigenvalue weighted by Crippen LogP contribution is -2.40. The number of esters is 1. The number of ether oxygens (including phenoxy) is 1. The van der Waals surface area contributed by atoms with E-state index in [0.29, 0.717) is 17.7 Å². The van der Waals surface area contributed by atoms with Crippen molar-refractivity contribution < 1.29 is 33.4 Å². The number of hydrogen-bond donors (Lipinski definition) is 1. The molecule has 0 bridgehead atoms. The molecule has 0 aromatic heterocycles. The second kappa shape index (κ2) is 13.4. The first-order chi connectivity index (χ1) is 17.7. The Labute approximate surface area is 223 Å². The first kappa shape index (κ1) is 28.4. The van der Waals surface area contributed by atoms with Crippen molar-refractivity contribution in [2.24, 2.45) is 0 Å². The minimum Gasteiger partial charge on any atom is -0.478 e. The van der Waals surface area contributed by atoms with Crippen molar-refractivity contribution in [2.75, 3.05) is 17.3 Å². The summed E-state index contributed by atoms with van der Waals surface area (Å²) in [5.74, 6) is -4.49. The summed E-state index contributed by atoms with van der Waals surface area (Å²) in [6, 6.07) is 10.0. The summed E-state index contributed by atoms with van der Waals surface area (Å²) < 4.78 is 20.4. The topological polar surface area (TPSA) is 101 Å². The van der Waals surface area contributed by atoms with Crippen LogP contribution in [0.15, 0.2) is 58.5 Å². The highest BCUT2D eigenvalue weighted by Gasteiger charge is 2.34. The fourth-order valence-electron chi connectivity index (χ4n) is 3.84. The number of carboxylic acid groups (broad SMARTS) is 1. The van der Waals surface area contributed by atoms with Gasteiger partial charge in [-0.15, -0.1) is 11.8 Å². The Morgan fingerprint density at radius 3 is 2.38 bits per heavy atom. The van der Waals surface area contributed by atoms with E-state index in [1.807, 2.05) is 6.92 Å². The second-order valence-corrected chi connectivity index (χ2v) is 9.80. The van der Waals surface area contributed by atoms with Crippen LogP contribution in [0.3, 0.4) is 0 Å². The molecule has 2 amide bonds. The molecule has 7 nitrogen and oxygen atoms in total. The summed E-state index contributed by atoms with van der Waals surface area (Å²) in [5.41, 5.74) is -0.382. The standard InChI is InChI=1S/C27H27ClFNO6S/c1-2-3-13-36-24(31)16-37-23-15-22(21(29)14-20(23)28)30(25(32)17-9-5-4-6-10-17)26(33)18-11-7-8-12-19(18)27(34)35/h4-6,9-10,14-15H,2-3,7-8,11-13,16H2,1H3,(H,34,35). The molecule has 0 spiro atoms. The van der Waals surface area contributed by atoms with Gasteiger partial charge >= 0.3 is 11.9 Å². The molecule has 1 aliphatic carbocycles. The van der Waals surface area contributed by atoms with Crippen molar-refractivity contribution in [3.05, 3.63) is 70.0 Å². The van der Waals surface area contributed by atoms with E-state index in [4.69, 9.17) is 16.3 Å². The molecule has 1 aliphatic rings. The molecule has 0 atom stereocenters. The summed E-state index contributed by atoms with van der Waals surface area (Å²) in [6.45, 7) is 2.25. The summed E-state index contributed by atoms with van der Waals surface area (Å²) in [6.07, 6.45) is 3.08. The lowest BCUT2D eigenvalue weighted by atomic mass is 9.90. The van der Waals surface area contributed by atoms with Crippen LogP contribution in [0.25, 0.3) is 0 Å². The number of thioether (sulfide) groups is 1. The van der Waals surface area contributed by atoms with Gasteiger partial charge in [-0.05, 0) is 56.4 Å². The van der Waals surface area contributed by atoms with Crippen molar-refractivity contribution in [2.45, 2.75) is 50.3 Å². The van der Waals surface area contributed by atoms with E-state index in [0.717, 1.165) is 30.7 Å². The van der Waals surface area contributed by atoms with Crippen LogP contribution >= 0.6 is 23.4 Å². The van der Waals surface area contributed by atoms with E-state index in [1.165, 1.54) is 18.2 Å². The highest BCUT2D eigenvalue weighted by atomic mass is 35.5. The number of unbranched alkanes of at least 4 members (excludes halogenated alkanes) is 1. The van der Waals surface area contributed by atoms with Crippen molar-refractivity contribution in [3.8, 4) is 0 Å². The highest BCUT2D eigenvalue weighted by molar-refractivity contribution is 8.00. The van der Waals surface area contributed by atoms with E-state index in [1.54, 1.807) is 18.2 Å². The zero-order valence-corrected chi connectivity index (χ0v) is 21.9. The van der Waals surface area contributed by atoms with Crippen molar-refractivity contribution in [3.63, 3.8) is 0 Å². The Kier molecular flexibility index (Phi) is 10.3. The fraction of sp³-hybridized carbons (Fsp3) is 0.333. The Bertz CT molecular complexity index is 1220. The number of nitrogens with zero attached hydrogens (tertiary/aromatic N) is 1. The molecule has 3 rings (SSSR count). The maximum absolute atomic E-state index is 15.3. The largest absolute Gasteiger partial charge is 0.478 e. The maximum Gasteiger partial charge on any atom is 0.332 e. The van der Waals surface area contributed by atoms with Gasteiger partial charge in [0.1, 0.15) is 5.82 Å². The van der Waals surface area contributed by atoms with Gasteiger partial charge in [0.25, 0.3) is 11.8 Å². The molecule has 0 radical (unpaired) electrons. The van der Waals surface area contributed by atoms with Crippen LogP contribution < -0.4 is 4.90 Å². The number of rotatable bonds is 10. The minimum atomic E-state index is -1.25. The number of carboxylic acids is 1. The molecule has 0 aliphatic heterocycles. The number of anilines is 1. The second-order valence-electron chi connectivity index (χ2n) is 8.38. The number of aliphatic carboxylic acids is 1. The normalized spacial score (nSPS) is 13.3. The van der Waals surface area contributed by atoms with E-state index in [-0.39, 0.29) is 57.5 Å². The number of halogens is 2. The predicted octanol–water partition coefficient (Wildman–Crippen LogP) is 6.04. The minimum absolute atomic E-state index is 0.00438. The summed E-state index contributed by atoms with van der Waals surface area (Å²) >= 11 is 7.20. The number of carbonyl (C=O) groups is 4. The Balaban J connectivity index is 2.03. The molecule has 0 saturated heterocycles. The molecule has 0 fully saturated rings. The zero-order valence-electron chi connectivity index (χ0n) is 20.3. The van der Waals surface area contributed by atoms with Crippen LogP contribution in [0.5, 0.6) is 0 Å². The first-order valence-electron chi connectivity index (χ1n) is 11.9. The number of amides is 2. The SMILES string of the molecule is CCCCOC(=O)CSc1cc(N(C(=O)C2=C(C(=O)O)CCCC2)C(=O)c2ccccc2)c(F)cc1Cl. The van der Waals surface area contributed by atoms with Crippen molar-refractivity contribution >= 4 is 52.8 Å². The monoisotopic (exact) mass is 547 g/mol. The Morgan fingerprint density at radius 1 is 1.05 bits per heavy atom. The molecule has 10 heteroatoms. The van der Waals surface area contributed by atoms with E-state index >= 15 is 4.39 Å². The van der Waals surface area contributed by atoms with Crippen LogP contribution in [0.2, 0.25) is 5.02 Å². The molecule has 37 heavy (non-hydrogen) atoms. The number of imide groups is 1. The average molecular weight is 548 g/mol. The fourth-order valence-corrected chi connectivity index (χ4v) is 4.90. The summed E-state index contributed by atoms with van der Waals surface area (Å²) in [4.78, 5) is 52.0. The molecule has 0 unspecified atom stereocenters. The van der Waals surface area contributed by atoms with Crippen LogP contribution in [-0.4, -0.2) is 41.2 Å². The van der Waals surface area contributed by atoms with Crippen molar-refractivity contribution in [1.29, 1.82) is 0 Å². The molecule has 1 N–H and O–H groups in total. The third kappa shape index (κ3) is 7.20. The van der Waals surface area contributed by atoms with Gasteiger partial charge in [0.2, 0.25) is 0 Å². The van der Waals surface area contributed by atoms with E-state index in [9.17, 15) is 24.3 Å². The van der Waals surface area contributed by atoms with Crippen LogP contribution in [0.1, 0.15) is 55.8 Å². The summed E-state index contributed by atoms with van der Waals surface area (Å²) in [5, 5.41) is 9.64. The van der Waals surface area contributed by atoms with Crippen molar-refractivity contribution in [1.82, 2.24) is 0 Å². The Morgan fingerprint density at radius 2 is 1.73 bits per heavy atom. The highest BCUT2D eigenvalue weighted by Crippen LogP contribution is 2.36. The van der Waals surface area contributed by atoms with Gasteiger partial charge in [0.05, 0.1) is 23.1 Å². The summed E-state index contributed by atoms with van der Waals surface area (Å²) in [7, 11) is 0. The van der Waals surface area contributed by atoms with E-state index < -0.39 is 29.6 Å².